The standard InChI is InChI=1S/C11H18N4O5/c1-5-13-3-6(2-12)9(14-5)15-11(4-16)8(18)7(17)10(19)20-11/h3,7-8,10,16-19H,2,4,12H2,1H3,(H,13,14,15)/t7-,8+,10?,11+/m1/s1. The van der Waals surface area contributed by atoms with E-state index in [1.807, 2.05) is 0 Å². The second kappa shape index (κ2) is 5.56. The largest absolute Gasteiger partial charge is 0.391 e. The molecule has 9 nitrogen and oxygen atoms in total. The lowest BCUT2D eigenvalue weighted by Gasteiger charge is -2.31. The SMILES string of the molecule is Cc1ncc(CN)c(N[C@@]2(CO)OC(O)[C@H](O)[C@@H]2O)n1. The number of aromatic nitrogens is 2. The lowest BCUT2D eigenvalue weighted by molar-refractivity contribution is -0.163. The second-order valence-corrected chi connectivity index (χ2v) is 4.61. The average Bonchev–Trinajstić information content (AvgIpc) is 2.64. The molecule has 2 heterocycles. The molecule has 0 spiro atoms. The van der Waals surface area contributed by atoms with Crippen molar-refractivity contribution < 1.29 is 25.2 Å². The number of hydrogen-bond donors (Lipinski definition) is 6. The first-order valence-corrected chi connectivity index (χ1v) is 6.07. The molecule has 0 saturated carbocycles. The zero-order valence-electron chi connectivity index (χ0n) is 10.9. The number of rotatable bonds is 4. The summed E-state index contributed by atoms with van der Waals surface area (Å²) >= 11 is 0. The number of aliphatic hydroxyl groups is 4. The molecule has 0 amide bonds. The molecule has 1 aromatic heterocycles. The number of anilines is 1. The number of aryl methyl sites for hydroxylation is 1. The molecule has 0 aromatic carbocycles. The minimum absolute atomic E-state index is 0.130. The van der Waals surface area contributed by atoms with Crippen LogP contribution < -0.4 is 11.1 Å². The van der Waals surface area contributed by atoms with E-state index in [9.17, 15) is 20.4 Å². The maximum Gasteiger partial charge on any atom is 0.195 e. The van der Waals surface area contributed by atoms with Gasteiger partial charge in [-0.1, -0.05) is 0 Å². The molecule has 7 N–H and O–H groups in total. The predicted octanol–water partition coefficient (Wildman–Crippen LogP) is -2.59. The summed E-state index contributed by atoms with van der Waals surface area (Å²) in [6, 6.07) is 0. The molecule has 1 aliphatic heterocycles. The molecular weight excluding hydrogens is 268 g/mol. The van der Waals surface area contributed by atoms with Gasteiger partial charge in [-0.3, -0.25) is 0 Å². The predicted molar refractivity (Wildman–Crippen MR) is 67.2 cm³/mol. The van der Waals surface area contributed by atoms with Crippen LogP contribution in [0.5, 0.6) is 0 Å². The van der Waals surface area contributed by atoms with Gasteiger partial charge >= 0.3 is 0 Å². The molecule has 1 aliphatic rings. The Kier molecular flexibility index (Phi) is 4.18. The van der Waals surface area contributed by atoms with Crippen molar-refractivity contribution in [2.45, 2.75) is 37.7 Å². The number of aliphatic hydroxyl groups excluding tert-OH is 4. The quantitative estimate of drug-likeness (QED) is 0.350. The van der Waals surface area contributed by atoms with Gasteiger partial charge < -0.3 is 36.2 Å². The van der Waals surface area contributed by atoms with Crippen molar-refractivity contribution in [3.63, 3.8) is 0 Å². The van der Waals surface area contributed by atoms with E-state index in [4.69, 9.17) is 10.5 Å². The Bertz CT molecular complexity index is 488. The van der Waals surface area contributed by atoms with Crippen LogP contribution in [0.15, 0.2) is 6.20 Å². The van der Waals surface area contributed by atoms with Gasteiger partial charge in [0.05, 0.1) is 6.61 Å². The van der Waals surface area contributed by atoms with Crippen LogP contribution in [0.3, 0.4) is 0 Å². The topological polar surface area (TPSA) is 154 Å². The van der Waals surface area contributed by atoms with Crippen LogP contribution in [-0.2, 0) is 11.3 Å². The highest BCUT2D eigenvalue weighted by atomic mass is 16.7. The summed E-state index contributed by atoms with van der Waals surface area (Å²) < 4.78 is 5.06. The number of hydrogen-bond acceptors (Lipinski definition) is 9. The van der Waals surface area contributed by atoms with Crippen molar-refractivity contribution in [3.05, 3.63) is 17.6 Å². The third-order valence-electron chi connectivity index (χ3n) is 3.19. The monoisotopic (exact) mass is 286 g/mol. The zero-order valence-corrected chi connectivity index (χ0v) is 10.9. The number of nitrogens with zero attached hydrogens (tertiary/aromatic N) is 2. The summed E-state index contributed by atoms with van der Waals surface area (Å²) in [5, 5.41) is 41.1. The van der Waals surface area contributed by atoms with E-state index in [1.165, 1.54) is 6.20 Å². The maximum absolute atomic E-state index is 9.94. The Labute approximate surface area is 115 Å². The van der Waals surface area contributed by atoms with E-state index in [2.05, 4.69) is 15.3 Å². The van der Waals surface area contributed by atoms with Crippen LogP contribution in [0.4, 0.5) is 5.82 Å². The van der Waals surface area contributed by atoms with Crippen molar-refractivity contribution in [1.29, 1.82) is 0 Å². The summed E-state index contributed by atoms with van der Waals surface area (Å²) in [6.45, 7) is 1.10. The molecule has 1 unspecified atom stereocenters. The Morgan fingerprint density at radius 1 is 1.45 bits per heavy atom. The fraction of sp³-hybridized carbons (Fsp3) is 0.636. The van der Waals surface area contributed by atoms with Crippen molar-refractivity contribution >= 4 is 5.82 Å². The van der Waals surface area contributed by atoms with E-state index in [0.717, 1.165) is 0 Å². The molecular formula is C11H18N4O5. The lowest BCUT2D eigenvalue weighted by Crippen LogP contribution is -2.53. The maximum atomic E-state index is 9.94. The first-order valence-electron chi connectivity index (χ1n) is 6.07. The Balaban J connectivity index is 2.34. The highest BCUT2D eigenvalue weighted by Gasteiger charge is 2.54. The molecule has 2 rings (SSSR count). The third kappa shape index (κ3) is 2.46. The van der Waals surface area contributed by atoms with Gasteiger partial charge in [-0.15, -0.1) is 0 Å². The van der Waals surface area contributed by atoms with Crippen LogP contribution in [-0.4, -0.2) is 61.2 Å². The molecule has 9 heteroatoms. The van der Waals surface area contributed by atoms with E-state index in [0.29, 0.717) is 11.4 Å². The average molecular weight is 286 g/mol. The number of ether oxygens (including phenoxy) is 1. The fourth-order valence-corrected chi connectivity index (χ4v) is 2.01. The minimum atomic E-state index is -1.76. The number of nitrogens with one attached hydrogen (secondary N) is 1. The van der Waals surface area contributed by atoms with E-state index in [1.54, 1.807) is 6.92 Å². The van der Waals surface area contributed by atoms with Gasteiger partial charge in [0.15, 0.2) is 12.0 Å². The van der Waals surface area contributed by atoms with Gasteiger partial charge in [-0.05, 0) is 6.92 Å². The molecule has 1 fully saturated rings. The van der Waals surface area contributed by atoms with Crippen LogP contribution in [0.1, 0.15) is 11.4 Å². The Morgan fingerprint density at radius 2 is 2.15 bits per heavy atom. The van der Waals surface area contributed by atoms with Crippen LogP contribution >= 0.6 is 0 Å². The molecule has 1 aromatic rings. The van der Waals surface area contributed by atoms with Crippen LogP contribution in [0.2, 0.25) is 0 Å². The molecule has 0 bridgehead atoms. The highest BCUT2D eigenvalue weighted by molar-refractivity contribution is 5.45. The van der Waals surface area contributed by atoms with Crippen LogP contribution in [0, 0.1) is 6.92 Å². The molecule has 4 atom stereocenters. The molecule has 20 heavy (non-hydrogen) atoms. The first kappa shape index (κ1) is 15.0. The van der Waals surface area contributed by atoms with E-state index < -0.39 is 30.8 Å². The normalized spacial score (nSPS) is 33.4. The van der Waals surface area contributed by atoms with E-state index in [-0.39, 0.29) is 12.4 Å². The summed E-state index contributed by atoms with van der Waals surface area (Å²) in [5.74, 6) is 0.709. The molecule has 1 saturated heterocycles. The fourth-order valence-electron chi connectivity index (χ4n) is 2.01. The molecule has 0 radical (unpaired) electrons. The summed E-state index contributed by atoms with van der Waals surface area (Å²) in [5.41, 5.74) is 4.34. The Hall–Kier alpha value is -1.36. The first-order chi connectivity index (χ1) is 9.43. The minimum Gasteiger partial charge on any atom is -0.391 e. The summed E-state index contributed by atoms with van der Waals surface area (Å²) in [7, 11) is 0. The third-order valence-corrected chi connectivity index (χ3v) is 3.19. The van der Waals surface area contributed by atoms with E-state index >= 15 is 0 Å². The molecule has 112 valence electrons. The van der Waals surface area contributed by atoms with Gasteiger partial charge in [0.2, 0.25) is 0 Å². The number of nitrogens with two attached hydrogens (primary N) is 1. The zero-order chi connectivity index (χ0) is 14.9. The van der Waals surface area contributed by atoms with Crippen molar-refractivity contribution in [2.24, 2.45) is 5.73 Å². The van der Waals surface area contributed by atoms with Gasteiger partial charge in [0.25, 0.3) is 0 Å². The van der Waals surface area contributed by atoms with Crippen molar-refractivity contribution in [3.8, 4) is 0 Å². The summed E-state index contributed by atoms with van der Waals surface area (Å²) in [6.07, 6.45) is -3.19. The van der Waals surface area contributed by atoms with Gasteiger partial charge in [-0.2, -0.15) is 0 Å². The Morgan fingerprint density at radius 3 is 2.65 bits per heavy atom. The van der Waals surface area contributed by atoms with Crippen LogP contribution in [0.25, 0.3) is 0 Å². The highest BCUT2D eigenvalue weighted by Crippen LogP contribution is 2.31. The van der Waals surface area contributed by atoms with Crippen molar-refractivity contribution in [2.75, 3.05) is 11.9 Å². The lowest BCUT2D eigenvalue weighted by atomic mass is 10.1. The second-order valence-electron chi connectivity index (χ2n) is 4.61. The van der Waals surface area contributed by atoms with Crippen molar-refractivity contribution in [1.82, 2.24) is 9.97 Å². The smallest absolute Gasteiger partial charge is 0.195 e. The molecule has 0 aliphatic carbocycles. The van der Waals surface area contributed by atoms with Gasteiger partial charge in [-0.25, -0.2) is 9.97 Å². The van der Waals surface area contributed by atoms with Gasteiger partial charge in [0.1, 0.15) is 23.9 Å². The van der Waals surface area contributed by atoms with Gasteiger partial charge in [0, 0.05) is 18.3 Å². The summed E-state index contributed by atoms with van der Waals surface area (Å²) in [4.78, 5) is 8.10.